The molecule has 2 rings (SSSR count). The Morgan fingerprint density at radius 1 is 1.40 bits per heavy atom. The summed E-state index contributed by atoms with van der Waals surface area (Å²) in [6.45, 7) is 6.88. The second-order valence-corrected chi connectivity index (χ2v) is 5.29. The molecule has 1 N–H and O–H groups in total. The fourth-order valence-corrected chi connectivity index (χ4v) is 2.53. The summed E-state index contributed by atoms with van der Waals surface area (Å²) < 4.78 is 11.5. The molecule has 2 atom stereocenters. The number of rotatable bonds is 8. The molecule has 4 heteroatoms. The van der Waals surface area contributed by atoms with E-state index in [-0.39, 0.29) is 12.1 Å². The van der Waals surface area contributed by atoms with Crippen molar-refractivity contribution in [2.24, 2.45) is 0 Å². The number of aromatic nitrogens is 1. The molecule has 20 heavy (non-hydrogen) atoms. The van der Waals surface area contributed by atoms with Crippen molar-refractivity contribution in [2.45, 2.75) is 51.7 Å². The number of hydrogen-bond donors (Lipinski definition) is 1. The first kappa shape index (κ1) is 15.3. The van der Waals surface area contributed by atoms with Gasteiger partial charge < -0.3 is 14.8 Å². The van der Waals surface area contributed by atoms with E-state index in [9.17, 15) is 0 Å². The van der Waals surface area contributed by atoms with Gasteiger partial charge in [-0.2, -0.15) is 0 Å². The molecule has 1 aliphatic rings. The Kier molecular flexibility index (Phi) is 6.27. The van der Waals surface area contributed by atoms with E-state index in [1.165, 1.54) is 5.56 Å². The van der Waals surface area contributed by atoms with Crippen LogP contribution in [0, 0.1) is 0 Å². The number of hydrogen-bond acceptors (Lipinski definition) is 4. The minimum absolute atomic E-state index is 0.218. The van der Waals surface area contributed by atoms with Gasteiger partial charge in [-0.3, -0.25) is 4.98 Å². The van der Waals surface area contributed by atoms with Gasteiger partial charge in [0.05, 0.1) is 24.9 Å². The first-order valence-corrected chi connectivity index (χ1v) is 7.77. The maximum atomic E-state index is 5.86. The Bertz CT molecular complexity index is 392. The highest BCUT2D eigenvalue weighted by Crippen LogP contribution is 2.28. The normalized spacial score (nSPS) is 20.0. The van der Waals surface area contributed by atoms with Crippen LogP contribution >= 0.6 is 0 Å². The summed E-state index contributed by atoms with van der Waals surface area (Å²) in [4.78, 5) is 4.32. The van der Waals surface area contributed by atoms with Gasteiger partial charge in [0.25, 0.3) is 0 Å². The van der Waals surface area contributed by atoms with E-state index in [2.05, 4.69) is 30.2 Å². The van der Waals surface area contributed by atoms with Gasteiger partial charge in [-0.15, -0.1) is 0 Å². The molecule has 2 unspecified atom stereocenters. The quantitative estimate of drug-likeness (QED) is 0.793. The van der Waals surface area contributed by atoms with Crippen LogP contribution in [0.4, 0.5) is 0 Å². The summed E-state index contributed by atoms with van der Waals surface area (Å²) in [6, 6.07) is 2.31. The van der Waals surface area contributed by atoms with Gasteiger partial charge in [0.1, 0.15) is 5.75 Å². The number of nitrogens with zero attached hydrogens (tertiary/aromatic N) is 1. The fourth-order valence-electron chi connectivity index (χ4n) is 2.53. The zero-order valence-corrected chi connectivity index (χ0v) is 12.6. The van der Waals surface area contributed by atoms with Gasteiger partial charge in [0, 0.05) is 12.8 Å². The van der Waals surface area contributed by atoms with Crippen molar-refractivity contribution < 1.29 is 9.47 Å². The Hall–Kier alpha value is -1.13. The van der Waals surface area contributed by atoms with Crippen LogP contribution in [-0.2, 0) is 4.74 Å². The molecule has 112 valence electrons. The lowest BCUT2D eigenvalue weighted by Crippen LogP contribution is -2.32. The van der Waals surface area contributed by atoms with E-state index in [1.807, 2.05) is 6.20 Å². The maximum Gasteiger partial charge on any atom is 0.137 e. The second-order valence-electron chi connectivity index (χ2n) is 5.29. The molecule has 1 aromatic heterocycles. The standard InChI is InChI=1S/C16H26N2O2/c1-3-7-18-16(15-6-5-9-20-15)13-10-14(12-17-11-13)19-8-4-2/h10-12,15-16,18H,3-9H2,1-2H3. The van der Waals surface area contributed by atoms with Crippen molar-refractivity contribution in [3.05, 3.63) is 24.0 Å². The van der Waals surface area contributed by atoms with Crippen molar-refractivity contribution in [1.29, 1.82) is 0 Å². The predicted octanol–water partition coefficient (Wildman–Crippen LogP) is 3.09. The topological polar surface area (TPSA) is 43.4 Å². The molecule has 2 heterocycles. The molecule has 4 nitrogen and oxygen atoms in total. The molecule has 0 saturated carbocycles. The highest BCUT2D eigenvalue weighted by atomic mass is 16.5. The van der Waals surface area contributed by atoms with E-state index in [0.717, 1.165) is 51.2 Å². The van der Waals surface area contributed by atoms with E-state index >= 15 is 0 Å². The summed E-state index contributed by atoms with van der Waals surface area (Å²) in [7, 11) is 0. The monoisotopic (exact) mass is 278 g/mol. The zero-order valence-electron chi connectivity index (χ0n) is 12.6. The average Bonchev–Trinajstić information content (AvgIpc) is 3.00. The van der Waals surface area contributed by atoms with Crippen molar-refractivity contribution in [3.8, 4) is 5.75 Å². The van der Waals surface area contributed by atoms with Gasteiger partial charge in [0.2, 0.25) is 0 Å². The molecule has 0 amide bonds. The Labute approximate surface area is 121 Å². The third kappa shape index (κ3) is 4.18. The fraction of sp³-hybridized carbons (Fsp3) is 0.688. The van der Waals surface area contributed by atoms with E-state index in [0.29, 0.717) is 0 Å². The van der Waals surface area contributed by atoms with Crippen LogP contribution in [0.3, 0.4) is 0 Å². The zero-order chi connectivity index (χ0) is 14.2. The lowest BCUT2D eigenvalue weighted by molar-refractivity contribution is 0.0781. The Morgan fingerprint density at radius 3 is 3.00 bits per heavy atom. The summed E-state index contributed by atoms with van der Waals surface area (Å²) >= 11 is 0. The lowest BCUT2D eigenvalue weighted by Gasteiger charge is -2.24. The first-order valence-electron chi connectivity index (χ1n) is 7.77. The number of ether oxygens (including phenoxy) is 2. The molecular weight excluding hydrogens is 252 g/mol. The van der Waals surface area contributed by atoms with Gasteiger partial charge in [-0.25, -0.2) is 0 Å². The number of pyridine rings is 1. The van der Waals surface area contributed by atoms with Crippen LogP contribution in [0.15, 0.2) is 18.5 Å². The third-order valence-corrected chi connectivity index (χ3v) is 3.52. The average molecular weight is 278 g/mol. The van der Waals surface area contributed by atoms with Crippen LogP contribution in [-0.4, -0.2) is 30.8 Å². The largest absolute Gasteiger partial charge is 0.492 e. The van der Waals surface area contributed by atoms with E-state index < -0.39 is 0 Å². The summed E-state index contributed by atoms with van der Waals surface area (Å²) in [5.74, 6) is 0.852. The molecule has 0 aliphatic carbocycles. The maximum absolute atomic E-state index is 5.86. The lowest BCUT2D eigenvalue weighted by atomic mass is 10.0. The van der Waals surface area contributed by atoms with E-state index in [4.69, 9.17) is 9.47 Å². The smallest absolute Gasteiger partial charge is 0.137 e. The number of nitrogens with one attached hydrogen (secondary N) is 1. The van der Waals surface area contributed by atoms with Crippen LogP contribution in [0.5, 0.6) is 5.75 Å². The molecule has 1 aromatic rings. The highest BCUT2D eigenvalue weighted by molar-refractivity contribution is 5.27. The van der Waals surface area contributed by atoms with Crippen molar-refractivity contribution in [1.82, 2.24) is 10.3 Å². The summed E-state index contributed by atoms with van der Waals surface area (Å²) in [6.07, 6.45) is 8.34. The first-order chi connectivity index (χ1) is 9.85. The molecule has 1 saturated heterocycles. The van der Waals surface area contributed by atoms with Gasteiger partial charge in [-0.05, 0) is 43.9 Å². The molecule has 0 radical (unpaired) electrons. The molecule has 0 spiro atoms. The molecule has 0 bridgehead atoms. The SMILES string of the molecule is CCCNC(c1cncc(OCCC)c1)C1CCCO1. The van der Waals surface area contributed by atoms with Crippen molar-refractivity contribution in [2.75, 3.05) is 19.8 Å². The van der Waals surface area contributed by atoms with Gasteiger partial charge in [0.15, 0.2) is 0 Å². The molecular formula is C16H26N2O2. The van der Waals surface area contributed by atoms with Gasteiger partial charge >= 0.3 is 0 Å². The second kappa shape index (κ2) is 8.22. The van der Waals surface area contributed by atoms with Crippen molar-refractivity contribution >= 4 is 0 Å². The molecule has 1 aliphatic heterocycles. The summed E-state index contributed by atoms with van der Waals surface area (Å²) in [5.41, 5.74) is 1.17. The van der Waals surface area contributed by atoms with E-state index in [1.54, 1.807) is 6.20 Å². The van der Waals surface area contributed by atoms with Crippen LogP contribution in [0.2, 0.25) is 0 Å². The van der Waals surface area contributed by atoms with Crippen LogP contribution in [0.25, 0.3) is 0 Å². The van der Waals surface area contributed by atoms with Gasteiger partial charge in [-0.1, -0.05) is 13.8 Å². The minimum atomic E-state index is 0.218. The minimum Gasteiger partial charge on any atom is -0.492 e. The summed E-state index contributed by atoms with van der Waals surface area (Å²) in [5, 5.41) is 3.59. The highest BCUT2D eigenvalue weighted by Gasteiger charge is 2.27. The molecule has 0 aromatic carbocycles. The Balaban J connectivity index is 2.09. The third-order valence-electron chi connectivity index (χ3n) is 3.52. The predicted molar refractivity (Wildman–Crippen MR) is 80.0 cm³/mol. The van der Waals surface area contributed by atoms with Crippen LogP contribution in [0.1, 0.15) is 51.1 Å². The Morgan fingerprint density at radius 2 is 2.30 bits per heavy atom. The van der Waals surface area contributed by atoms with Crippen molar-refractivity contribution in [3.63, 3.8) is 0 Å². The molecule has 1 fully saturated rings. The van der Waals surface area contributed by atoms with Crippen LogP contribution < -0.4 is 10.1 Å².